The first kappa shape index (κ1) is 13.3. The molecule has 3 rings (SSSR count). The zero-order valence-corrected chi connectivity index (χ0v) is 11.6. The molecule has 1 aliphatic heterocycles. The van der Waals surface area contributed by atoms with E-state index in [1.54, 1.807) is 23.1 Å². The van der Waals surface area contributed by atoms with E-state index in [4.69, 9.17) is 0 Å². The second kappa shape index (κ2) is 5.35. The lowest BCUT2D eigenvalue weighted by molar-refractivity contribution is -0.616. The molecule has 1 amide bonds. The topological polar surface area (TPSA) is 79.2 Å². The maximum Gasteiger partial charge on any atom is 0.461 e. The van der Waals surface area contributed by atoms with E-state index in [0.717, 1.165) is 6.42 Å². The van der Waals surface area contributed by atoms with Crippen molar-refractivity contribution in [3.8, 4) is 0 Å². The Hall–Kier alpha value is -2.70. The summed E-state index contributed by atoms with van der Waals surface area (Å²) in [4.78, 5) is 25.7. The molecule has 0 saturated heterocycles. The molecule has 2 heterocycles. The first-order valence-electron chi connectivity index (χ1n) is 6.63. The summed E-state index contributed by atoms with van der Waals surface area (Å²) in [5.41, 5.74) is 1.57. The number of benzene rings is 1. The molecule has 7 nitrogen and oxygen atoms in total. The Morgan fingerprint density at radius 3 is 2.95 bits per heavy atom. The van der Waals surface area contributed by atoms with Crippen LogP contribution in [0.25, 0.3) is 11.0 Å². The summed E-state index contributed by atoms with van der Waals surface area (Å²) in [7, 11) is 1.32. The highest BCUT2D eigenvalue weighted by Crippen LogP contribution is 2.11. The monoisotopic (exact) mass is 287 g/mol. The number of amides is 1. The van der Waals surface area contributed by atoms with Gasteiger partial charge in [-0.25, -0.2) is 9.59 Å². The van der Waals surface area contributed by atoms with Gasteiger partial charge in [-0.1, -0.05) is 16.8 Å². The number of nitrogens with zero attached hydrogens (tertiary/aromatic N) is 3. The Kier molecular flexibility index (Phi) is 3.39. The average molecular weight is 287 g/mol. The lowest BCUT2D eigenvalue weighted by atomic mass is 10.2. The van der Waals surface area contributed by atoms with Gasteiger partial charge in [0.2, 0.25) is 5.52 Å². The van der Waals surface area contributed by atoms with Gasteiger partial charge in [0.05, 0.1) is 25.8 Å². The Morgan fingerprint density at radius 1 is 1.38 bits per heavy atom. The highest BCUT2D eigenvalue weighted by atomic mass is 16.5. The van der Waals surface area contributed by atoms with E-state index in [0.29, 0.717) is 29.7 Å². The van der Waals surface area contributed by atoms with Crippen LogP contribution in [0.2, 0.25) is 0 Å². The summed E-state index contributed by atoms with van der Waals surface area (Å²) in [5.74, 6) is -0.432. The van der Waals surface area contributed by atoms with E-state index in [2.05, 4.69) is 21.1 Å². The number of nitrogens with one attached hydrogen (secondary N) is 1. The Bertz CT molecular complexity index is 735. The van der Waals surface area contributed by atoms with Crippen molar-refractivity contribution >= 4 is 23.0 Å². The maximum absolute atomic E-state index is 12.4. The third kappa shape index (κ3) is 2.37. The number of fused-ring (bicyclic) bond motifs is 1. The van der Waals surface area contributed by atoms with E-state index in [9.17, 15) is 9.59 Å². The van der Waals surface area contributed by atoms with Crippen LogP contribution >= 0.6 is 0 Å². The number of carbonyl (C=O) groups excluding carboxylic acids is 2. The normalized spacial score (nSPS) is 14.4. The van der Waals surface area contributed by atoms with E-state index in [1.165, 1.54) is 11.8 Å². The maximum atomic E-state index is 12.4. The summed E-state index contributed by atoms with van der Waals surface area (Å²) in [6.07, 6.45) is 4.88. The zero-order valence-electron chi connectivity index (χ0n) is 11.6. The highest BCUT2D eigenvalue weighted by Gasteiger charge is 2.26. The number of hydrogen-bond donors (Lipinski definition) is 1. The second-order valence-corrected chi connectivity index (χ2v) is 4.73. The van der Waals surface area contributed by atoms with Gasteiger partial charge in [0.15, 0.2) is 5.52 Å². The number of carbonyl (C=O) groups is 2. The minimum absolute atomic E-state index is 0.160. The second-order valence-electron chi connectivity index (χ2n) is 4.73. The van der Waals surface area contributed by atoms with Crippen LogP contribution in [0.5, 0.6) is 0 Å². The predicted octanol–water partition coefficient (Wildman–Crippen LogP) is 0.867. The smallest absolute Gasteiger partial charge is 0.461 e. The molecule has 1 aromatic heterocycles. The molecule has 0 bridgehead atoms. The number of aromatic nitrogens is 3. The van der Waals surface area contributed by atoms with Crippen molar-refractivity contribution in [1.82, 2.24) is 15.2 Å². The van der Waals surface area contributed by atoms with Crippen LogP contribution in [0, 0.1) is 0 Å². The first-order chi connectivity index (χ1) is 10.2. The number of methoxy groups -OCH3 is 1. The lowest BCUT2D eigenvalue weighted by Crippen LogP contribution is -2.54. The molecule has 0 radical (unpaired) electrons. The molecule has 0 aliphatic carbocycles. The van der Waals surface area contributed by atoms with Gasteiger partial charge in [-0.2, -0.15) is 0 Å². The number of H-pyrrole nitrogens is 1. The highest BCUT2D eigenvalue weighted by molar-refractivity contribution is 5.93. The lowest BCUT2D eigenvalue weighted by Gasteiger charge is -2.17. The van der Waals surface area contributed by atoms with E-state index in [1.807, 2.05) is 6.08 Å². The third-order valence-corrected chi connectivity index (χ3v) is 3.43. The van der Waals surface area contributed by atoms with Crippen LogP contribution in [0.1, 0.15) is 16.8 Å². The van der Waals surface area contributed by atoms with Gasteiger partial charge in [0, 0.05) is 6.07 Å². The molecule has 2 aromatic rings. The van der Waals surface area contributed by atoms with Crippen molar-refractivity contribution in [3.05, 3.63) is 35.9 Å². The van der Waals surface area contributed by atoms with Crippen molar-refractivity contribution in [3.63, 3.8) is 0 Å². The summed E-state index contributed by atoms with van der Waals surface area (Å²) in [6.45, 7) is 1.27. The van der Waals surface area contributed by atoms with Gasteiger partial charge < -0.3 is 4.74 Å². The van der Waals surface area contributed by atoms with Crippen molar-refractivity contribution in [2.75, 3.05) is 20.2 Å². The quantitative estimate of drug-likeness (QED) is 0.479. The Labute approximate surface area is 120 Å². The number of aromatic amines is 1. The molecule has 0 fully saturated rings. The van der Waals surface area contributed by atoms with E-state index < -0.39 is 5.97 Å². The summed E-state index contributed by atoms with van der Waals surface area (Å²) in [5, 5.41) is 6.77. The minimum atomic E-state index is -0.432. The van der Waals surface area contributed by atoms with Crippen molar-refractivity contribution in [2.24, 2.45) is 0 Å². The summed E-state index contributed by atoms with van der Waals surface area (Å²) >= 11 is 0. The molecule has 0 atom stereocenters. The molecule has 0 spiro atoms. The molecule has 7 heteroatoms. The molecule has 0 saturated carbocycles. The van der Waals surface area contributed by atoms with Crippen molar-refractivity contribution in [2.45, 2.75) is 6.42 Å². The number of hydrogen-bond acceptors (Lipinski definition) is 4. The fraction of sp³-hybridized carbons (Fsp3) is 0.286. The standard InChI is InChI=1S/C14H14N4O3/c1-21-13(19)10-5-6-12-11(9-10)15-16-18(12)14(20)17-7-3-2-4-8-17/h2-3,5-6,9H,4,7-8H2,1H3/p+1. The predicted molar refractivity (Wildman–Crippen MR) is 73.8 cm³/mol. The molecule has 1 aliphatic rings. The Morgan fingerprint density at radius 2 is 2.24 bits per heavy atom. The molecule has 21 heavy (non-hydrogen) atoms. The van der Waals surface area contributed by atoms with Gasteiger partial charge in [-0.3, -0.25) is 4.90 Å². The summed E-state index contributed by atoms with van der Waals surface area (Å²) in [6, 6.07) is 4.73. The fourth-order valence-corrected chi connectivity index (χ4v) is 2.31. The van der Waals surface area contributed by atoms with Crippen LogP contribution < -0.4 is 4.68 Å². The van der Waals surface area contributed by atoms with Crippen molar-refractivity contribution < 1.29 is 19.0 Å². The Balaban J connectivity index is 1.95. The van der Waals surface area contributed by atoms with Gasteiger partial charge in [-0.15, -0.1) is 5.21 Å². The fourth-order valence-electron chi connectivity index (χ4n) is 2.31. The number of esters is 1. The van der Waals surface area contributed by atoms with Gasteiger partial charge in [0.25, 0.3) is 0 Å². The zero-order chi connectivity index (χ0) is 14.8. The molecular formula is C14H15N4O3+. The van der Waals surface area contributed by atoms with E-state index in [-0.39, 0.29) is 6.03 Å². The van der Waals surface area contributed by atoms with Gasteiger partial charge in [0.1, 0.15) is 0 Å². The van der Waals surface area contributed by atoms with Crippen LogP contribution in [-0.4, -0.2) is 47.4 Å². The molecule has 0 unspecified atom stereocenters. The average Bonchev–Trinajstić information content (AvgIpc) is 2.97. The van der Waals surface area contributed by atoms with Crippen LogP contribution in [0.4, 0.5) is 4.79 Å². The SMILES string of the molecule is COC(=O)c1ccc2c(c1)n[nH][n+]2C(=O)N1CC=CCC1. The third-order valence-electron chi connectivity index (χ3n) is 3.43. The molecular weight excluding hydrogens is 272 g/mol. The first-order valence-corrected chi connectivity index (χ1v) is 6.63. The van der Waals surface area contributed by atoms with Crippen LogP contribution in [0.15, 0.2) is 30.4 Å². The minimum Gasteiger partial charge on any atom is -0.465 e. The summed E-state index contributed by atoms with van der Waals surface area (Å²) < 4.78 is 6.05. The number of ether oxygens (including phenoxy) is 1. The van der Waals surface area contributed by atoms with Crippen LogP contribution in [0.3, 0.4) is 0 Å². The molecule has 108 valence electrons. The largest absolute Gasteiger partial charge is 0.465 e. The van der Waals surface area contributed by atoms with Gasteiger partial charge >= 0.3 is 12.0 Å². The molecule has 1 N–H and O–H groups in total. The van der Waals surface area contributed by atoms with Crippen LogP contribution in [-0.2, 0) is 4.74 Å². The van der Waals surface area contributed by atoms with Gasteiger partial charge in [-0.05, 0) is 23.7 Å². The van der Waals surface area contributed by atoms with Crippen molar-refractivity contribution in [1.29, 1.82) is 0 Å². The molecule has 1 aromatic carbocycles. The number of rotatable bonds is 1. The van der Waals surface area contributed by atoms with E-state index >= 15 is 0 Å².